The first kappa shape index (κ1) is 11.6. The van der Waals surface area contributed by atoms with Gasteiger partial charge in [-0.1, -0.05) is 0 Å². The number of rotatable bonds is 0. The van der Waals surface area contributed by atoms with Crippen molar-refractivity contribution in [1.82, 2.24) is 19.6 Å². The molecule has 2 aromatic rings. The molecule has 0 aromatic carbocycles. The van der Waals surface area contributed by atoms with Gasteiger partial charge in [-0.2, -0.15) is 35.8 Å². The average Bonchev–Trinajstić information content (AvgIpc) is 2.57. The number of aromatic nitrogens is 4. The van der Waals surface area contributed by atoms with Gasteiger partial charge < -0.3 is 0 Å². The first-order chi connectivity index (χ1) is 7.69. The number of halogens is 6. The van der Waals surface area contributed by atoms with E-state index in [4.69, 9.17) is 0 Å². The van der Waals surface area contributed by atoms with Gasteiger partial charge in [0.15, 0.2) is 5.69 Å². The molecule has 0 fully saturated rings. The second-order valence-electron chi connectivity index (χ2n) is 2.97. The van der Waals surface area contributed by atoms with Crippen LogP contribution < -0.4 is 0 Å². The monoisotopic (exact) mass is 256 g/mol. The van der Waals surface area contributed by atoms with Crippen LogP contribution >= 0.6 is 0 Å². The first-order valence-corrected chi connectivity index (χ1v) is 4.06. The molecular formula is C7H2F6N4. The lowest BCUT2D eigenvalue weighted by molar-refractivity contribution is -0.147. The zero-order valence-corrected chi connectivity index (χ0v) is 7.71. The molecule has 2 rings (SSSR count). The topological polar surface area (TPSA) is 43.1 Å². The standard InChI is InChI=1S/C7H2F6N4/c8-6(9,10)3-1-2-14-5-15-4(7(11,12)13)16-17(3)5/h1-2H. The van der Waals surface area contributed by atoms with Crippen molar-refractivity contribution in [3.8, 4) is 0 Å². The van der Waals surface area contributed by atoms with Crippen LogP contribution in [0.1, 0.15) is 11.5 Å². The van der Waals surface area contributed by atoms with Gasteiger partial charge in [-0.15, -0.1) is 5.10 Å². The van der Waals surface area contributed by atoms with Gasteiger partial charge in [0.1, 0.15) is 0 Å². The van der Waals surface area contributed by atoms with Crippen LogP contribution in [-0.4, -0.2) is 19.6 Å². The summed E-state index contributed by atoms with van der Waals surface area (Å²) >= 11 is 0. The number of fused-ring (bicyclic) bond motifs is 1. The summed E-state index contributed by atoms with van der Waals surface area (Å²) in [5, 5.41) is 2.75. The maximum absolute atomic E-state index is 12.4. The molecule has 0 unspecified atom stereocenters. The fraction of sp³-hybridized carbons (Fsp3) is 0.286. The molecule has 0 aliphatic heterocycles. The molecule has 0 saturated carbocycles. The van der Waals surface area contributed by atoms with E-state index in [-0.39, 0.29) is 4.52 Å². The van der Waals surface area contributed by atoms with E-state index in [1.165, 1.54) is 0 Å². The summed E-state index contributed by atoms with van der Waals surface area (Å²) in [5.74, 6) is -2.42. The Morgan fingerprint density at radius 2 is 1.65 bits per heavy atom. The summed E-state index contributed by atoms with van der Waals surface area (Å²) in [4.78, 5) is 6.15. The highest BCUT2D eigenvalue weighted by atomic mass is 19.4. The Bertz CT molecular complexity index is 553. The summed E-state index contributed by atoms with van der Waals surface area (Å²) in [6.45, 7) is 0. The molecule has 2 aromatic heterocycles. The highest BCUT2D eigenvalue weighted by Gasteiger charge is 2.39. The van der Waals surface area contributed by atoms with Gasteiger partial charge in [0.05, 0.1) is 0 Å². The highest BCUT2D eigenvalue weighted by molar-refractivity contribution is 5.30. The number of hydrogen-bond donors (Lipinski definition) is 0. The van der Waals surface area contributed by atoms with E-state index in [0.717, 1.165) is 0 Å². The molecule has 0 radical (unpaired) electrons. The van der Waals surface area contributed by atoms with Crippen molar-refractivity contribution in [3.63, 3.8) is 0 Å². The van der Waals surface area contributed by atoms with Gasteiger partial charge in [0, 0.05) is 6.20 Å². The molecule has 0 bridgehead atoms. The predicted octanol–water partition coefficient (Wildman–Crippen LogP) is 2.16. The maximum atomic E-state index is 12.4. The van der Waals surface area contributed by atoms with Crippen molar-refractivity contribution in [1.29, 1.82) is 0 Å². The van der Waals surface area contributed by atoms with Crippen LogP contribution in [0.25, 0.3) is 5.78 Å². The molecule has 0 spiro atoms. The van der Waals surface area contributed by atoms with E-state index >= 15 is 0 Å². The Hall–Kier alpha value is -1.87. The molecule has 0 atom stereocenters. The zero-order chi connectivity index (χ0) is 12.8. The second kappa shape index (κ2) is 3.31. The van der Waals surface area contributed by atoms with E-state index in [2.05, 4.69) is 15.1 Å². The van der Waals surface area contributed by atoms with Gasteiger partial charge in [0.25, 0.3) is 11.6 Å². The first-order valence-electron chi connectivity index (χ1n) is 4.06. The fourth-order valence-electron chi connectivity index (χ4n) is 1.13. The zero-order valence-electron chi connectivity index (χ0n) is 7.71. The summed E-state index contributed by atoms with van der Waals surface area (Å²) in [6, 6.07) is 0.516. The average molecular weight is 256 g/mol. The van der Waals surface area contributed by atoms with Crippen LogP contribution in [0, 0.1) is 0 Å². The van der Waals surface area contributed by atoms with Crippen LogP contribution in [0.15, 0.2) is 12.3 Å². The summed E-state index contributed by atoms with van der Waals surface area (Å²) < 4.78 is 73.9. The maximum Gasteiger partial charge on any atom is 0.453 e. The SMILES string of the molecule is FC(F)(F)c1nc2nccc(C(F)(F)F)n2n1. The molecule has 92 valence electrons. The Labute approximate surface area is 88.9 Å². The van der Waals surface area contributed by atoms with Gasteiger partial charge in [-0.3, -0.25) is 0 Å². The molecule has 0 amide bonds. The summed E-state index contributed by atoms with van der Waals surface area (Å²) in [5.41, 5.74) is -1.37. The third kappa shape index (κ3) is 2.01. The molecule has 0 aliphatic carbocycles. The number of alkyl halides is 6. The van der Waals surface area contributed by atoms with Crippen LogP contribution in [0.4, 0.5) is 26.3 Å². The van der Waals surface area contributed by atoms with E-state index in [1.807, 2.05) is 0 Å². The fourth-order valence-corrected chi connectivity index (χ4v) is 1.13. The molecule has 17 heavy (non-hydrogen) atoms. The Balaban J connectivity index is 2.70. The van der Waals surface area contributed by atoms with Crippen molar-refractivity contribution in [2.45, 2.75) is 12.4 Å². The summed E-state index contributed by atoms with van der Waals surface area (Å²) in [7, 11) is 0. The van der Waals surface area contributed by atoms with E-state index in [0.29, 0.717) is 12.3 Å². The van der Waals surface area contributed by atoms with Gasteiger partial charge in [-0.05, 0) is 6.07 Å². The van der Waals surface area contributed by atoms with Gasteiger partial charge in [0.2, 0.25) is 0 Å². The minimum absolute atomic E-state index is 0.0167. The van der Waals surface area contributed by atoms with Crippen molar-refractivity contribution in [2.75, 3.05) is 0 Å². The lowest BCUT2D eigenvalue weighted by atomic mass is 10.4. The molecule has 4 nitrogen and oxygen atoms in total. The Kier molecular flexibility index (Phi) is 2.26. The van der Waals surface area contributed by atoms with Gasteiger partial charge >= 0.3 is 12.4 Å². The third-order valence-electron chi connectivity index (χ3n) is 1.78. The van der Waals surface area contributed by atoms with E-state index in [9.17, 15) is 26.3 Å². The molecule has 0 aliphatic rings. The molecular weight excluding hydrogens is 254 g/mol. The third-order valence-corrected chi connectivity index (χ3v) is 1.78. The largest absolute Gasteiger partial charge is 0.453 e. The van der Waals surface area contributed by atoms with Gasteiger partial charge in [-0.25, -0.2) is 4.98 Å². The number of nitrogens with zero attached hydrogens (tertiary/aromatic N) is 4. The van der Waals surface area contributed by atoms with E-state index in [1.54, 1.807) is 0 Å². The molecule has 0 saturated heterocycles. The Morgan fingerprint density at radius 3 is 2.18 bits per heavy atom. The van der Waals surface area contributed by atoms with Crippen LogP contribution in [0.5, 0.6) is 0 Å². The second-order valence-corrected chi connectivity index (χ2v) is 2.97. The Morgan fingerprint density at radius 1 is 1.00 bits per heavy atom. The van der Waals surface area contributed by atoms with Crippen LogP contribution in [0.2, 0.25) is 0 Å². The number of hydrogen-bond acceptors (Lipinski definition) is 3. The molecule has 2 heterocycles. The van der Waals surface area contributed by atoms with Crippen molar-refractivity contribution < 1.29 is 26.3 Å². The van der Waals surface area contributed by atoms with Crippen LogP contribution in [0.3, 0.4) is 0 Å². The molecule has 10 heteroatoms. The van der Waals surface area contributed by atoms with Crippen molar-refractivity contribution in [2.24, 2.45) is 0 Å². The highest BCUT2D eigenvalue weighted by Crippen LogP contribution is 2.30. The van der Waals surface area contributed by atoms with Crippen molar-refractivity contribution >= 4 is 5.78 Å². The predicted molar refractivity (Wildman–Crippen MR) is 40.8 cm³/mol. The lowest BCUT2D eigenvalue weighted by Crippen LogP contribution is -2.13. The smallest absolute Gasteiger partial charge is 0.220 e. The quantitative estimate of drug-likeness (QED) is 0.678. The minimum atomic E-state index is -4.92. The summed E-state index contributed by atoms with van der Waals surface area (Å²) in [6.07, 6.45) is -9.04. The van der Waals surface area contributed by atoms with Crippen LogP contribution in [-0.2, 0) is 12.4 Å². The normalized spacial score (nSPS) is 13.3. The molecule has 0 N–H and O–H groups in total. The van der Waals surface area contributed by atoms with Crippen molar-refractivity contribution in [3.05, 3.63) is 23.8 Å². The lowest BCUT2D eigenvalue weighted by Gasteiger charge is -2.06. The van der Waals surface area contributed by atoms with E-state index < -0.39 is 29.6 Å². The minimum Gasteiger partial charge on any atom is -0.220 e.